The van der Waals surface area contributed by atoms with Crippen molar-refractivity contribution >= 4 is 22.9 Å². The Hall–Kier alpha value is -3.24. The highest BCUT2D eigenvalue weighted by atomic mass is 32.1. The molecule has 0 saturated heterocycles. The molecule has 2 heterocycles. The number of anilines is 1. The smallest absolute Gasteiger partial charge is 0.223 e. The number of aromatic nitrogens is 2. The number of hydrogen-bond acceptors (Lipinski definition) is 8. The lowest BCUT2D eigenvalue weighted by atomic mass is 10.00. The van der Waals surface area contributed by atoms with Crippen molar-refractivity contribution in [1.82, 2.24) is 10.1 Å². The minimum Gasteiger partial charge on any atom is -0.493 e. The molecule has 4 rings (SSSR count). The number of methoxy groups -OCH3 is 1. The lowest BCUT2D eigenvalue weighted by Gasteiger charge is -2.25. The van der Waals surface area contributed by atoms with Crippen molar-refractivity contribution in [3.05, 3.63) is 53.2 Å². The topological polar surface area (TPSA) is 105 Å². The second-order valence-corrected chi connectivity index (χ2v) is 7.07. The summed E-state index contributed by atoms with van der Waals surface area (Å²) in [6.45, 7) is 1.82. The van der Waals surface area contributed by atoms with Crippen molar-refractivity contribution < 1.29 is 23.1 Å². The van der Waals surface area contributed by atoms with E-state index in [1.807, 2.05) is 12.1 Å². The minimum absolute atomic E-state index is 0.0331. The Morgan fingerprint density at radius 1 is 1.33 bits per heavy atom. The summed E-state index contributed by atoms with van der Waals surface area (Å²) >= 11 is 5.21. The van der Waals surface area contributed by atoms with Gasteiger partial charge in [0.2, 0.25) is 11.7 Å². The van der Waals surface area contributed by atoms with Crippen LogP contribution in [0.2, 0.25) is 0 Å². The highest BCUT2D eigenvalue weighted by molar-refractivity contribution is 7.80. The average molecular weight is 430 g/mol. The molecule has 2 aromatic carbocycles. The lowest BCUT2D eigenvalue weighted by Crippen LogP contribution is -2.28. The molecule has 0 bridgehead atoms. The molecule has 3 aromatic rings. The van der Waals surface area contributed by atoms with Crippen LogP contribution in [0.15, 0.2) is 34.9 Å². The van der Waals surface area contributed by atoms with Crippen molar-refractivity contribution in [3.63, 3.8) is 0 Å². The van der Waals surface area contributed by atoms with Gasteiger partial charge >= 0.3 is 0 Å². The highest BCUT2D eigenvalue weighted by Crippen LogP contribution is 2.40. The molecule has 1 unspecified atom stereocenters. The number of ether oxygens (including phenoxy) is 3. The zero-order valence-corrected chi connectivity index (χ0v) is 17.1. The van der Waals surface area contributed by atoms with E-state index in [4.69, 9.17) is 36.7 Å². The van der Waals surface area contributed by atoms with Crippen LogP contribution in [0.25, 0.3) is 11.4 Å². The van der Waals surface area contributed by atoms with E-state index in [1.54, 1.807) is 19.1 Å². The van der Waals surface area contributed by atoms with Gasteiger partial charge in [-0.15, -0.1) is 0 Å². The first kappa shape index (κ1) is 20.0. The maximum absolute atomic E-state index is 15.3. The Morgan fingerprint density at radius 3 is 2.73 bits per heavy atom. The molecular weight excluding hydrogens is 411 g/mol. The zero-order chi connectivity index (χ0) is 21.3. The van der Waals surface area contributed by atoms with Gasteiger partial charge in [-0.3, -0.25) is 0 Å². The highest BCUT2D eigenvalue weighted by Gasteiger charge is 2.28. The number of thiocarbonyl (C=S) groups is 1. The van der Waals surface area contributed by atoms with E-state index in [0.29, 0.717) is 28.9 Å². The predicted octanol–water partition coefficient (Wildman–Crippen LogP) is 3.50. The molecule has 0 spiro atoms. The Bertz CT molecular complexity index is 1090. The van der Waals surface area contributed by atoms with Gasteiger partial charge in [0, 0.05) is 23.7 Å². The molecule has 8 nitrogen and oxygen atoms in total. The SMILES string of the molecule is COc1cc(C(Nc2ccc(-c3noc(C)n3)cc2)C(N)=S)c(F)c2c1OCOC2. The predicted molar refractivity (Wildman–Crippen MR) is 111 cm³/mol. The lowest BCUT2D eigenvalue weighted by molar-refractivity contribution is -0.0200. The summed E-state index contributed by atoms with van der Waals surface area (Å²) in [6.07, 6.45) is 0. The van der Waals surface area contributed by atoms with Crippen LogP contribution in [-0.4, -0.2) is 29.0 Å². The molecule has 10 heteroatoms. The number of hydrogen-bond donors (Lipinski definition) is 2. The second-order valence-electron chi connectivity index (χ2n) is 6.59. The fraction of sp³-hybridized carbons (Fsp3) is 0.250. The quantitative estimate of drug-likeness (QED) is 0.569. The fourth-order valence-electron chi connectivity index (χ4n) is 3.19. The summed E-state index contributed by atoms with van der Waals surface area (Å²) in [7, 11) is 1.48. The van der Waals surface area contributed by atoms with Gasteiger partial charge in [0.15, 0.2) is 18.3 Å². The number of nitrogens with two attached hydrogens (primary N) is 1. The van der Waals surface area contributed by atoms with Crippen LogP contribution in [0.5, 0.6) is 11.5 Å². The van der Waals surface area contributed by atoms with Crippen LogP contribution >= 0.6 is 12.2 Å². The van der Waals surface area contributed by atoms with Crippen LogP contribution in [-0.2, 0) is 11.3 Å². The summed E-state index contributed by atoms with van der Waals surface area (Å²) in [4.78, 5) is 4.27. The van der Waals surface area contributed by atoms with Crippen molar-refractivity contribution in [1.29, 1.82) is 0 Å². The normalized spacial score (nSPS) is 13.8. The Morgan fingerprint density at radius 2 is 2.10 bits per heavy atom. The van der Waals surface area contributed by atoms with Gasteiger partial charge in [-0.05, 0) is 30.3 Å². The van der Waals surface area contributed by atoms with E-state index < -0.39 is 11.9 Å². The largest absolute Gasteiger partial charge is 0.493 e. The maximum atomic E-state index is 15.3. The third-order valence-electron chi connectivity index (χ3n) is 4.63. The average Bonchev–Trinajstić information content (AvgIpc) is 3.19. The van der Waals surface area contributed by atoms with Gasteiger partial charge in [-0.1, -0.05) is 17.4 Å². The molecule has 1 aliphatic rings. The fourth-order valence-corrected chi connectivity index (χ4v) is 3.37. The second kappa shape index (κ2) is 8.25. The molecule has 0 fully saturated rings. The number of benzene rings is 2. The van der Waals surface area contributed by atoms with E-state index in [0.717, 1.165) is 5.56 Å². The first-order valence-electron chi connectivity index (χ1n) is 9.04. The van der Waals surface area contributed by atoms with Gasteiger partial charge in [0.25, 0.3) is 0 Å². The number of rotatable bonds is 6. The molecule has 156 valence electrons. The number of nitrogens with zero attached hydrogens (tertiary/aromatic N) is 2. The van der Waals surface area contributed by atoms with Crippen molar-refractivity contribution in [2.45, 2.75) is 19.6 Å². The van der Waals surface area contributed by atoms with Crippen LogP contribution in [0.3, 0.4) is 0 Å². The number of aryl methyl sites for hydroxylation is 1. The molecule has 3 N–H and O–H groups in total. The zero-order valence-electron chi connectivity index (χ0n) is 16.3. The number of fused-ring (bicyclic) bond motifs is 1. The summed E-state index contributed by atoms with van der Waals surface area (Å²) in [6, 6.07) is 7.98. The molecule has 30 heavy (non-hydrogen) atoms. The molecule has 1 aromatic heterocycles. The maximum Gasteiger partial charge on any atom is 0.223 e. The van der Waals surface area contributed by atoms with Gasteiger partial charge in [0.05, 0.1) is 19.3 Å². The summed E-state index contributed by atoms with van der Waals surface area (Å²) < 4.78 is 36.3. The van der Waals surface area contributed by atoms with E-state index in [1.165, 1.54) is 13.2 Å². The monoisotopic (exact) mass is 430 g/mol. The van der Waals surface area contributed by atoms with Gasteiger partial charge in [-0.25, -0.2) is 4.39 Å². The van der Waals surface area contributed by atoms with Crippen molar-refractivity contribution in [3.8, 4) is 22.9 Å². The van der Waals surface area contributed by atoms with Gasteiger partial charge in [-0.2, -0.15) is 4.98 Å². The first-order valence-corrected chi connectivity index (χ1v) is 9.45. The van der Waals surface area contributed by atoms with Crippen LogP contribution < -0.4 is 20.5 Å². The van der Waals surface area contributed by atoms with Gasteiger partial charge < -0.3 is 29.8 Å². The number of nitrogens with one attached hydrogen (secondary N) is 1. The van der Waals surface area contributed by atoms with Crippen LogP contribution in [0, 0.1) is 12.7 Å². The molecule has 0 amide bonds. The van der Waals surface area contributed by atoms with E-state index in [-0.39, 0.29) is 29.5 Å². The molecule has 0 saturated carbocycles. The van der Waals surface area contributed by atoms with Crippen LogP contribution in [0.4, 0.5) is 10.1 Å². The van der Waals surface area contributed by atoms with Crippen LogP contribution in [0.1, 0.15) is 23.1 Å². The Labute approximate surface area is 177 Å². The Balaban J connectivity index is 1.66. The minimum atomic E-state index is -0.778. The number of halogens is 1. The molecular formula is C20H19FN4O4S. The van der Waals surface area contributed by atoms with Crippen molar-refractivity contribution in [2.75, 3.05) is 19.2 Å². The third kappa shape index (κ3) is 3.79. The molecule has 1 aliphatic heterocycles. The summed E-state index contributed by atoms with van der Waals surface area (Å²) in [5.41, 5.74) is 7.91. The third-order valence-corrected chi connectivity index (χ3v) is 4.87. The summed E-state index contributed by atoms with van der Waals surface area (Å²) in [5.74, 6) is 1.16. The van der Waals surface area contributed by atoms with E-state index in [9.17, 15) is 0 Å². The van der Waals surface area contributed by atoms with E-state index in [2.05, 4.69) is 15.5 Å². The summed E-state index contributed by atoms with van der Waals surface area (Å²) in [5, 5.41) is 7.06. The Kier molecular flexibility index (Phi) is 5.51. The van der Waals surface area contributed by atoms with E-state index >= 15 is 4.39 Å². The van der Waals surface area contributed by atoms with Gasteiger partial charge in [0.1, 0.15) is 16.8 Å². The molecule has 1 atom stereocenters. The van der Waals surface area contributed by atoms with Crippen molar-refractivity contribution in [2.24, 2.45) is 5.73 Å². The standard InChI is InChI=1S/C20H19FN4O4S/c1-10-23-20(25-29-10)11-3-5-12(6-4-11)24-17(19(22)30)13-7-15(26-2)18-14(16(13)21)8-27-9-28-18/h3-7,17,24H,8-9H2,1-2H3,(H2,22,30). The molecule has 0 radical (unpaired) electrons. The first-order chi connectivity index (χ1) is 14.5. The molecule has 0 aliphatic carbocycles.